The van der Waals surface area contributed by atoms with Crippen LogP contribution in [-0.2, 0) is 0 Å². The normalized spacial score (nSPS) is 16.9. The third-order valence-electron chi connectivity index (χ3n) is 3.66. The molecule has 1 aromatic rings. The first-order valence-electron chi connectivity index (χ1n) is 7.33. The second-order valence-corrected chi connectivity index (χ2v) is 5.92. The van der Waals surface area contributed by atoms with Crippen molar-refractivity contribution in [3.05, 3.63) is 6.20 Å². The van der Waals surface area contributed by atoms with Crippen molar-refractivity contribution in [1.29, 1.82) is 0 Å². The quantitative estimate of drug-likeness (QED) is 0.885. The number of rotatable bonds is 5. The number of nitrogens with zero attached hydrogens (tertiary/aromatic N) is 4. The molecule has 0 spiro atoms. The molecule has 106 valence electrons. The number of aromatic nitrogens is 3. The van der Waals surface area contributed by atoms with Gasteiger partial charge in [-0.2, -0.15) is 10.1 Å². The zero-order valence-corrected chi connectivity index (χ0v) is 12.3. The standard InChI is InChI=1S/C14H25N5/c1-11(2)4-7-15-14-17-13(10-16-18-14)19-8-5-12(3)6-9-19/h10-12H,4-9H2,1-3H3,(H,15,17,18). The van der Waals surface area contributed by atoms with E-state index in [-0.39, 0.29) is 0 Å². The minimum atomic E-state index is 0.650. The van der Waals surface area contributed by atoms with Crippen LogP contribution in [0, 0.1) is 11.8 Å². The van der Waals surface area contributed by atoms with Crippen LogP contribution in [0.4, 0.5) is 11.8 Å². The van der Waals surface area contributed by atoms with Crippen molar-refractivity contribution < 1.29 is 0 Å². The summed E-state index contributed by atoms with van der Waals surface area (Å²) in [5.74, 6) is 3.12. The number of nitrogens with one attached hydrogen (secondary N) is 1. The van der Waals surface area contributed by atoms with Crippen LogP contribution in [-0.4, -0.2) is 34.8 Å². The number of piperidine rings is 1. The van der Waals surface area contributed by atoms with E-state index in [4.69, 9.17) is 0 Å². The van der Waals surface area contributed by atoms with Crippen LogP contribution < -0.4 is 10.2 Å². The Hall–Kier alpha value is -1.39. The zero-order chi connectivity index (χ0) is 13.7. The van der Waals surface area contributed by atoms with Crippen LogP contribution in [0.5, 0.6) is 0 Å². The number of anilines is 2. The average Bonchev–Trinajstić information content (AvgIpc) is 2.39. The van der Waals surface area contributed by atoms with Gasteiger partial charge in [-0.25, -0.2) is 0 Å². The van der Waals surface area contributed by atoms with Gasteiger partial charge in [-0.3, -0.25) is 0 Å². The smallest absolute Gasteiger partial charge is 0.244 e. The van der Waals surface area contributed by atoms with Crippen LogP contribution in [0.15, 0.2) is 6.20 Å². The van der Waals surface area contributed by atoms with E-state index in [0.29, 0.717) is 11.9 Å². The number of hydrogen-bond donors (Lipinski definition) is 1. The van der Waals surface area contributed by atoms with Crippen molar-refractivity contribution in [3.63, 3.8) is 0 Å². The third kappa shape index (κ3) is 4.33. The van der Waals surface area contributed by atoms with Crippen molar-refractivity contribution in [2.24, 2.45) is 11.8 Å². The van der Waals surface area contributed by atoms with Gasteiger partial charge in [0, 0.05) is 19.6 Å². The van der Waals surface area contributed by atoms with Crippen molar-refractivity contribution in [1.82, 2.24) is 15.2 Å². The Bertz CT molecular complexity index is 385. The molecule has 1 fully saturated rings. The molecule has 0 bridgehead atoms. The van der Waals surface area contributed by atoms with Gasteiger partial charge in [-0.05, 0) is 31.1 Å². The molecule has 0 unspecified atom stereocenters. The van der Waals surface area contributed by atoms with Crippen molar-refractivity contribution >= 4 is 11.8 Å². The van der Waals surface area contributed by atoms with Gasteiger partial charge < -0.3 is 10.2 Å². The van der Waals surface area contributed by atoms with Crippen molar-refractivity contribution in [2.45, 2.75) is 40.0 Å². The zero-order valence-electron chi connectivity index (χ0n) is 12.3. The molecule has 2 heterocycles. The monoisotopic (exact) mass is 263 g/mol. The van der Waals surface area contributed by atoms with E-state index in [1.807, 2.05) is 0 Å². The van der Waals surface area contributed by atoms with E-state index in [2.05, 4.69) is 46.2 Å². The van der Waals surface area contributed by atoms with Gasteiger partial charge in [0.1, 0.15) is 0 Å². The average molecular weight is 263 g/mol. The lowest BCUT2D eigenvalue weighted by Gasteiger charge is -2.30. The molecule has 5 heteroatoms. The SMILES string of the molecule is CC(C)CCNc1nncc(N2CCC(C)CC2)n1. The van der Waals surface area contributed by atoms with Gasteiger partial charge in [-0.15, -0.1) is 5.10 Å². The Morgan fingerprint density at radius 3 is 2.79 bits per heavy atom. The van der Waals surface area contributed by atoms with Gasteiger partial charge in [0.25, 0.3) is 0 Å². The topological polar surface area (TPSA) is 53.9 Å². The van der Waals surface area contributed by atoms with E-state index in [1.165, 1.54) is 12.8 Å². The molecule has 1 saturated heterocycles. The Balaban J connectivity index is 1.91. The summed E-state index contributed by atoms with van der Waals surface area (Å²) < 4.78 is 0. The largest absolute Gasteiger partial charge is 0.355 e. The summed E-state index contributed by atoms with van der Waals surface area (Å²) in [7, 11) is 0. The molecule has 2 rings (SSSR count). The molecule has 5 nitrogen and oxygen atoms in total. The van der Waals surface area contributed by atoms with Gasteiger partial charge in [0.15, 0.2) is 5.82 Å². The maximum atomic E-state index is 4.56. The highest BCUT2D eigenvalue weighted by Crippen LogP contribution is 2.20. The van der Waals surface area contributed by atoms with Crippen LogP contribution in [0.25, 0.3) is 0 Å². The van der Waals surface area contributed by atoms with Crippen LogP contribution in [0.1, 0.15) is 40.0 Å². The van der Waals surface area contributed by atoms with E-state index >= 15 is 0 Å². The van der Waals surface area contributed by atoms with Gasteiger partial charge in [0.05, 0.1) is 6.20 Å². The maximum Gasteiger partial charge on any atom is 0.244 e. The fourth-order valence-corrected chi connectivity index (χ4v) is 2.23. The molecule has 1 aromatic heterocycles. The van der Waals surface area contributed by atoms with E-state index < -0.39 is 0 Å². The molecule has 0 radical (unpaired) electrons. The van der Waals surface area contributed by atoms with E-state index in [0.717, 1.165) is 37.8 Å². The van der Waals surface area contributed by atoms with Gasteiger partial charge >= 0.3 is 0 Å². The lowest BCUT2D eigenvalue weighted by atomic mass is 9.99. The molecule has 0 aliphatic carbocycles. The van der Waals surface area contributed by atoms with Gasteiger partial charge in [-0.1, -0.05) is 20.8 Å². The Morgan fingerprint density at radius 1 is 1.37 bits per heavy atom. The minimum Gasteiger partial charge on any atom is -0.355 e. The first-order chi connectivity index (χ1) is 9.15. The molecule has 0 atom stereocenters. The number of hydrogen-bond acceptors (Lipinski definition) is 5. The fraction of sp³-hybridized carbons (Fsp3) is 0.786. The van der Waals surface area contributed by atoms with Crippen LogP contribution in [0.3, 0.4) is 0 Å². The second-order valence-electron chi connectivity index (χ2n) is 5.92. The molecule has 0 amide bonds. The fourth-order valence-electron chi connectivity index (χ4n) is 2.23. The summed E-state index contributed by atoms with van der Waals surface area (Å²) >= 11 is 0. The Kier molecular flexibility index (Phi) is 4.93. The summed E-state index contributed by atoms with van der Waals surface area (Å²) in [5.41, 5.74) is 0. The molecule has 1 aliphatic heterocycles. The summed E-state index contributed by atoms with van der Waals surface area (Å²) in [6, 6.07) is 0. The molecule has 19 heavy (non-hydrogen) atoms. The molecular formula is C14H25N5. The highest BCUT2D eigenvalue weighted by atomic mass is 15.3. The van der Waals surface area contributed by atoms with E-state index in [9.17, 15) is 0 Å². The summed E-state index contributed by atoms with van der Waals surface area (Å²) in [6.45, 7) is 9.79. The molecule has 0 saturated carbocycles. The van der Waals surface area contributed by atoms with Crippen molar-refractivity contribution in [3.8, 4) is 0 Å². The Morgan fingerprint density at radius 2 is 2.11 bits per heavy atom. The third-order valence-corrected chi connectivity index (χ3v) is 3.66. The molecule has 1 aliphatic rings. The summed E-state index contributed by atoms with van der Waals surface area (Å²) in [6.07, 6.45) is 5.36. The Labute approximate surface area is 115 Å². The summed E-state index contributed by atoms with van der Waals surface area (Å²) in [5, 5.41) is 11.4. The maximum absolute atomic E-state index is 4.56. The highest BCUT2D eigenvalue weighted by Gasteiger charge is 2.17. The van der Waals surface area contributed by atoms with Gasteiger partial charge in [0.2, 0.25) is 5.95 Å². The molecular weight excluding hydrogens is 238 g/mol. The lowest BCUT2D eigenvalue weighted by Crippen LogP contribution is -2.33. The molecule has 0 aromatic carbocycles. The molecule has 1 N–H and O–H groups in total. The lowest BCUT2D eigenvalue weighted by molar-refractivity contribution is 0.436. The van der Waals surface area contributed by atoms with Crippen LogP contribution in [0.2, 0.25) is 0 Å². The predicted molar refractivity (Wildman–Crippen MR) is 78.4 cm³/mol. The first kappa shape index (κ1) is 14.0. The van der Waals surface area contributed by atoms with Crippen LogP contribution >= 0.6 is 0 Å². The summed E-state index contributed by atoms with van der Waals surface area (Å²) in [4.78, 5) is 6.87. The van der Waals surface area contributed by atoms with E-state index in [1.54, 1.807) is 6.20 Å². The highest BCUT2D eigenvalue weighted by molar-refractivity contribution is 5.40. The predicted octanol–water partition coefficient (Wildman–Crippen LogP) is 2.57. The minimum absolute atomic E-state index is 0.650. The van der Waals surface area contributed by atoms with Crippen molar-refractivity contribution in [2.75, 3.05) is 29.9 Å². The second kappa shape index (κ2) is 6.68. The first-order valence-corrected chi connectivity index (χ1v) is 7.33.